The highest BCUT2D eigenvalue weighted by Gasteiger charge is 2.30. The lowest BCUT2D eigenvalue weighted by Crippen LogP contribution is -2.21. The normalized spacial score (nSPS) is 12.2. The van der Waals surface area contributed by atoms with E-state index in [1.165, 1.54) is 0 Å². The van der Waals surface area contributed by atoms with E-state index < -0.39 is 40.8 Å². The predicted molar refractivity (Wildman–Crippen MR) is 102 cm³/mol. The molecule has 1 amide bonds. The zero-order valence-electron chi connectivity index (χ0n) is 15.3. The van der Waals surface area contributed by atoms with Gasteiger partial charge < -0.3 is 9.84 Å². The molecule has 8 heteroatoms. The van der Waals surface area contributed by atoms with Gasteiger partial charge in [-0.3, -0.25) is 5.32 Å². The number of nitrogens with one attached hydrogen (secondary N) is 1. The number of anilines is 1. The van der Waals surface area contributed by atoms with Crippen molar-refractivity contribution < 1.29 is 32.6 Å². The predicted octanol–water partition coefficient (Wildman–Crippen LogP) is 5.16. The first-order valence-electron chi connectivity index (χ1n) is 8.91. The first kappa shape index (κ1) is 19.5. The van der Waals surface area contributed by atoms with Crippen LogP contribution in [0.3, 0.4) is 0 Å². The van der Waals surface area contributed by atoms with Gasteiger partial charge in [-0.15, -0.1) is 0 Å². The van der Waals surface area contributed by atoms with Gasteiger partial charge in [0, 0.05) is 5.92 Å². The maximum absolute atomic E-state index is 14.0. The molecular weight excluding hydrogens is 399 g/mol. The van der Waals surface area contributed by atoms with Crippen LogP contribution >= 0.6 is 0 Å². The summed E-state index contributed by atoms with van der Waals surface area (Å²) >= 11 is 0. The molecule has 2 N–H and O–H groups in total. The first-order valence-corrected chi connectivity index (χ1v) is 8.91. The highest BCUT2D eigenvalue weighted by Crippen LogP contribution is 2.44. The molecule has 1 aliphatic carbocycles. The smallest absolute Gasteiger partial charge is 0.411 e. The minimum Gasteiger partial charge on any atom is -0.478 e. The number of fused-ring (bicyclic) bond motifs is 3. The minimum absolute atomic E-state index is 0.117. The van der Waals surface area contributed by atoms with Crippen molar-refractivity contribution >= 4 is 17.7 Å². The number of carbonyl (C=O) groups is 2. The van der Waals surface area contributed by atoms with Crippen molar-refractivity contribution in [2.24, 2.45) is 0 Å². The largest absolute Gasteiger partial charge is 0.478 e. The molecule has 0 saturated heterocycles. The second-order valence-electron chi connectivity index (χ2n) is 6.66. The van der Waals surface area contributed by atoms with Gasteiger partial charge in [-0.1, -0.05) is 48.5 Å². The molecule has 0 saturated carbocycles. The monoisotopic (exact) mass is 413 g/mol. The van der Waals surface area contributed by atoms with E-state index in [2.05, 4.69) is 0 Å². The Morgan fingerprint density at radius 2 is 1.50 bits per heavy atom. The fraction of sp³-hybridized carbons (Fsp3) is 0.0909. The van der Waals surface area contributed by atoms with Crippen LogP contribution < -0.4 is 5.32 Å². The van der Waals surface area contributed by atoms with Crippen LogP contribution in [-0.2, 0) is 4.74 Å². The van der Waals surface area contributed by atoms with Crippen LogP contribution in [0.5, 0.6) is 0 Å². The number of rotatable bonds is 4. The Morgan fingerprint density at radius 3 is 2.07 bits per heavy atom. The second-order valence-corrected chi connectivity index (χ2v) is 6.66. The number of hydrogen-bond donors (Lipinski definition) is 2. The number of amides is 1. The van der Waals surface area contributed by atoms with Crippen molar-refractivity contribution in [1.29, 1.82) is 0 Å². The fourth-order valence-corrected chi connectivity index (χ4v) is 3.62. The Bertz CT molecular complexity index is 1130. The van der Waals surface area contributed by atoms with Crippen LogP contribution in [0.25, 0.3) is 11.1 Å². The van der Waals surface area contributed by atoms with E-state index in [0.29, 0.717) is 6.07 Å². The molecule has 3 aromatic carbocycles. The van der Waals surface area contributed by atoms with E-state index in [-0.39, 0.29) is 12.5 Å². The SMILES string of the molecule is O=C(Nc1c(C(=O)O)cc(F)c(F)c1F)OCC1c2ccccc2-c2ccccc21. The van der Waals surface area contributed by atoms with Gasteiger partial charge in [-0.2, -0.15) is 0 Å². The molecule has 30 heavy (non-hydrogen) atoms. The van der Waals surface area contributed by atoms with E-state index >= 15 is 0 Å². The van der Waals surface area contributed by atoms with Gasteiger partial charge in [0.05, 0.1) is 11.3 Å². The van der Waals surface area contributed by atoms with Crippen LogP contribution in [0, 0.1) is 17.5 Å². The minimum atomic E-state index is -1.89. The molecule has 0 spiro atoms. The van der Waals surface area contributed by atoms with E-state index in [0.717, 1.165) is 22.3 Å². The van der Waals surface area contributed by atoms with Crippen molar-refractivity contribution in [2.75, 3.05) is 11.9 Å². The summed E-state index contributed by atoms with van der Waals surface area (Å²) in [6, 6.07) is 15.5. The van der Waals surface area contributed by atoms with Crippen LogP contribution in [0.2, 0.25) is 0 Å². The van der Waals surface area contributed by atoms with Crippen molar-refractivity contribution in [2.45, 2.75) is 5.92 Å². The highest BCUT2D eigenvalue weighted by molar-refractivity contribution is 5.99. The molecule has 0 fully saturated rings. The molecule has 152 valence electrons. The zero-order valence-corrected chi connectivity index (χ0v) is 15.3. The molecule has 5 nitrogen and oxygen atoms in total. The number of aromatic carboxylic acids is 1. The standard InChI is InChI=1S/C22H14F3NO4/c23-17-9-15(21(27)28)20(19(25)18(17)24)26-22(29)30-10-16-13-7-3-1-5-11(13)12-6-2-4-8-14(12)16/h1-9,16H,10H2,(H,26,29)(H,27,28). The molecule has 0 radical (unpaired) electrons. The molecule has 0 unspecified atom stereocenters. The van der Waals surface area contributed by atoms with Crippen molar-refractivity contribution in [1.82, 2.24) is 0 Å². The van der Waals surface area contributed by atoms with Gasteiger partial charge in [0.25, 0.3) is 0 Å². The van der Waals surface area contributed by atoms with Crippen molar-refractivity contribution in [3.63, 3.8) is 0 Å². The molecule has 0 aliphatic heterocycles. The fourth-order valence-electron chi connectivity index (χ4n) is 3.62. The van der Waals surface area contributed by atoms with E-state index in [4.69, 9.17) is 9.84 Å². The average Bonchev–Trinajstić information content (AvgIpc) is 3.06. The topological polar surface area (TPSA) is 75.6 Å². The Balaban J connectivity index is 1.56. The zero-order chi connectivity index (χ0) is 21.4. The number of benzene rings is 3. The summed E-state index contributed by atoms with van der Waals surface area (Å²) in [7, 11) is 0. The molecule has 0 bridgehead atoms. The van der Waals surface area contributed by atoms with Gasteiger partial charge in [0.15, 0.2) is 17.5 Å². The summed E-state index contributed by atoms with van der Waals surface area (Å²) in [6.07, 6.45) is -1.19. The average molecular weight is 413 g/mol. The lowest BCUT2D eigenvalue weighted by molar-refractivity contribution is 0.0696. The van der Waals surface area contributed by atoms with Crippen LogP contribution in [0.4, 0.5) is 23.7 Å². The molecule has 4 rings (SSSR count). The summed E-state index contributed by atoms with van der Waals surface area (Å²) in [4.78, 5) is 23.4. The van der Waals surface area contributed by atoms with E-state index in [1.807, 2.05) is 53.8 Å². The van der Waals surface area contributed by atoms with Crippen LogP contribution in [-0.4, -0.2) is 23.8 Å². The molecule has 3 aromatic rings. The van der Waals surface area contributed by atoms with Crippen LogP contribution in [0.1, 0.15) is 27.4 Å². The summed E-state index contributed by atoms with van der Waals surface area (Å²) in [6.45, 7) is -0.117. The molecule has 0 atom stereocenters. The van der Waals surface area contributed by atoms with E-state index in [1.54, 1.807) is 0 Å². The van der Waals surface area contributed by atoms with Crippen molar-refractivity contribution in [3.8, 4) is 11.1 Å². The Hall–Kier alpha value is -3.81. The summed E-state index contributed by atoms with van der Waals surface area (Å²) < 4.78 is 46.0. The Kier molecular flexibility index (Phi) is 4.91. The highest BCUT2D eigenvalue weighted by atomic mass is 19.2. The summed E-state index contributed by atoms with van der Waals surface area (Å²) in [5.41, 5.74) is 1.95. The van der Waals surface area contributed by atoms with Gasteiger partial charge >= 0.3 is 12.1 Å². The number of hydrogen-bond acceptors (Lipinski definition) is 3. The lowest BCUT2D eigenvalue weighted by Gasteiger charge is -2.15. The third-order valence-electron chi connectivity index (χ3n) is 4.96. The van der Waals surface area contributed by atoms with Gasteiger partial charge in [-0.05, 0) is 28.3 Å². The third kappa shape index (κ3) is 3.26. The first-order chi connectivity index (χ1) is 14.4. The lowest BCUT2D eigenvalue weighted by atomic mass is 9.98. The third-order valence-corrected chi connectivity index (χ3v) is 4.96. The van der Waals surface area contributed by atoms with Crippen molar-refractivity contribution in [3.05, 3.63) is 88.7 Å². The van der Waals surface area contributed by atoms with Crippen LogP contribution in [0.15, 0.2) is 54.6 Å². The number of carboxylic acid groups (broad SMARTS) is 1. The maximum Gasteiger partial charge on any atom is 0.411 e. The Labute approximate surface area is 168 Å². The molecular formula is C22H14F3NO4. The number of halogens is 3. The molecule has 0 heterocycles. The number of ether oxygens (including phenoxy) is 1. The summed E-state index contributed by atoms with van der Waals surface area (Å²) in [5.74, 6) is -7.41. The van der Waals surface area contributed by atoms with Gasteiger partial charge in [0.2, 0.25) is 0 Å². The number of carboxylic acids is 1. The van der Waals surface area contributed by atoms with Gasteiger partial charge in [-0.25, -0.2) is 22.8 Å². The molecule has 0 aromatic heterocycles. The molecule has 1 aliphatic rings. The van der Waals surface area contributed by atoms with E-state index in [9.17, 15) is 22.8 Å². The maximum atomic E-state index is 14.0. The van der Waals surface area contributed by atoms with Gasteiger partial charge in [0.1, 0.15) is 6.61 Å². The Morgan fingerprint density at radius 1 is 0.933 bits per heavy atom. The second kappa shape index (κ2) is 7.55. The quantitative estimate of drug-likeness (QED) is 0.579. The summed E-state index contributed by atoms with van der Waals surface area (Å²) in [5, 5.41) is 11.0. The number of carbonyl (C=O) groups excluding carboxylic acids is 1.